The quantitative estimate of drug-likeness (QED) is 0.150. The lowest BCUT2D eigenvalue weighted by molar-refractivity contribution is 1.18. The van der Waals surface area contributed by atoms with E-state index in [0.29, 0.717) is 0 Å². The van der Waals surface area contributed by atoms with Gasteiger partial charge >= 0.3 is 0 Å². The number of hydrogen-bond acceptors (Lipinski definition) is 2. The predicted octanol–water partition coefficient (Wildman–Crippen LogP) is 11.5. The van der Waals surface area contributed by atoms with E-state index >= 15 is 0 Å². The highest BCUT2D eigenvalue weighted by Gasteiger charge is 2.15. The molecule has 0 saturated heterocycles. The molecular weight excluding hydrogens is 571 g/mol. The fraction of sp³-hybridized carbons (Fsp3) is 0. The number of nitrogens with zero attached hydrogens (tertiary/aromatic N) is 3. The second-order valence-corrected chi connectivity index (χ2v) is 12.2. The molecule has 0 N–H and O–H groups in total. The van der Waals surface area contributed by atoms with E-state index in [9.17, 15) is 0 Å². The second-order valence-electron chi connectivity index (χ2n) is 12.2. The van der Waals surface area contributed by atoms with Gasteiger partial charge in [-0.2, -0.15) is 0 Å². The Balaban J connectivity index is 1.11. The van der Waals surface area contributed by atoms with Crippen LogP contribution in [0.3, 0.4) is 0 Å². The van der Waals surface area contributed by atoms with Crippen LogP contribution in [0.1, 0.15) is 0 Å². The lowest BCUT2D eigenvalue weighted by Gasteiger charge is -2.14. The Kier molecular flexibility index (Phi) is 5.57. The first-order valence-electron chi connectivity index (χ1n) is 16.0. The van der Waals surface area contributed by atoms with E-state index in [0.717, 1.165) is 38.4 Å². The van der Waals surface area contributed by atoms with E-state index in [4.69, 9.17) is 9.97 Å². The Hall–Kier alpha value is -6.32. The average Bonchev–Trinajstić information content (AvgIpc) is 3.48. The molecule has 0 bridgehead atoms. The number of benzene rings is 7. The highest BCUT2D eigenvalue weighted by atomic mass is 15.0. The maximum atomic E-state index is 5.09. The molecule has 0 unspecified atom stereocenters. The lowest BCUT2D eigenvalue weighted by Crippen LogP contribution is -1.94. The molecule has 218 valence electrons. The summed E-state index contributed by atoms with van der Waals surface area (Å²) in [5.74, 6) is 0. The van der Waals surface area contributed by atoms with Gasteiger partial charge in [0, 0.05) is 44.4 Å². The van der Waals surface area contributed by atoms with Crippen molar-refractivity contribution in [2.24, 2.45) is 0 Å². The first-order chi connectivity index (χ1) is 23.3. The number of hydrogen-bond donors (Lipinski definition) is 0. The highest BCUT2D eigenvalue weighted by Crippen LogP contribution is 2.39. The van der Waals surface area contributed by atoms with Crippen LogP contribution in [-0.4, -0.2) is 14.5 Å². The maximum Gasteiger partial charge on any atom is 0.0978 e. The molecule has 10 rings (SSSR count). The molecule has 0 spiro atoms. The molecular formula is C44H27N3. The van der Waals surface area contributed by atoms with Crippen LogP contribution < -0.4 is 0 Å². The molecule has 0 aliphatic heterocycles. The highest BCUT2D eigenvalue weighted by molar-refractivity contribution is 6.16. The van der Waals surface area contributed by atoms with Gasteiger partial charge in [-0.1, -0.05) is 109 Å². The molecule has 0 atom stereocenters. The van der Waals surface area contributed by atoms with Crippen molar-refractivity contribution >= 4 is 65.3 Å². The van der Waals surface area contributed by atoms with Crippen LogP contribution in [-0.2, 0) is 0 Å². The molecule has 0 amide bonds. The molecule has 0 aliphatic rings. The van der Waals surface area contributed by atoms with Crippen molar-refractivity contribution in [1.29, 1.82) is 0 Å². The van der Waals surface area contributed by atoms with Gasteiger partial charge in [0.1, 0.15) is 0 Å². The number of pyridine rings is 2. The third-order valence-corrected chi connectivity index (χ3v) is 9.57. The van der Waals surface area contributed by atoms with Crippen molar-refractivity contribution in [3.05, 3.63) is 164 Å². The Bertz CT molecular complexity index is 2810. The van der Waals surface area contributed by atoms with Gasteiger partial charge in [-0.25, -0.2) is 4.98 Å². The van der Waals surface area contributed by atoms with Gasteiger partial charge < -0.3 is 4.57 Å². The minimum atomic E-state index is 0.936. The summed E-state index contributed by atoms with van der Waals surface area (Å²) in [6, 6.07) is 56.7. The summed E-state index contributed by atoms with van der Waals surface area (Å²) in [4.78, 5) is 9.82. The standard InChI is InChI=1S/C44H27N3/c1-4-15-39-37(14-1)42(38-23-22-28-10-8-24-45-43(28)44(38)46-39)33-21-20-31-25-30(18-19-32(31)26-33)29-9-7-11-34(27-29)47-40-16-5-2-12-35(40)36-13-3-6-17-41(36)47/h1-27H. The molecule has 0 saturated carbocycles. The number of fused-ring (bicyclic) bond motifs is 8. The van der Waals surface area contributed by atoms with Crippen LogP contribution >= 0.6 is 0 Å². The maximum absolute atomic E-state index is 5.09. The lowest BCUT2D eigenvalue weighted by atomic mass is 9.93. The molecule has 47 heavy (non-hydrogen) atoms. The molecule has 0 fully saturated rings. The van der Waals surface area contributed by atoms with Crippen LogP contribution in [0.4, 0.5) is 0 Å². The Morgan fingerprint density at radius 2 is 1.06 bits per heavy atom. The van der Waals surface area contributed by atoms with Gasteiger partial charge in [0.05, 0.1) is 27.6 Å². The Morgan fingerprint density at radius 3 is 1.87 bits per heavy atom. The summed E-state index contributed by atoms with van der Waals surface area (Å²) in [5, 5.41) is 8.33. The first kappa shape index (κ1) is 26.0. The topological polar surface area (TPSA) is 30.7 Å². The average molecular weight is 598 g/mol. The van der Waals surface area contributed by atoms with Crippen molar-refractivity contribution in [3.8, 4) is 27.9 Å². The summed E-state index contributed by atoms with van der Waals surface area (Å²) in [7, 11) is 0. The summed E-state index contributed by atoms with van der Waals surface area (Å²) < 4.78 is 2.38. The number of rotatable bonds is 3. The fourth-order valence-corrected chi connectivity index (χ4v) is 7.41. The summed E-state index contributed by atoms with van der Waals surface area (Å²) in [6.45, 7) is 0. The van der Waals surface area contributed by atoms with Gasteiger partial charge in [0.25, 0.3) is 0 Å². The van der Waals surface area contributed by atoms with E-state index < -0.39 is 0 Å². The monoisotopic (exact) mass is 597 g/mol. The summed E-state index contributed by atoms with van der Waals surface area (Å²) >= 11 is 0. The SMILES string of the molecule is c1cc(-c2ccc3cc(-c4c5ccccc5nc5c4ccc4cccnc45)ccc3c2)cc(-n2c3ccccc3c3ccccc32)c1. The molecule has 3 aromatic heterocycles. The predicted molar refractivity (Wildman–Crippen MR) is 197 cm³/mol. The number of para-hydroxylation sites is 3. The van der Waals surface area contributed by atoms with Crippen LogP contribution in [0.15, 0.2) is 164 Å². The third-order valence-electron chi connectivity index (χ3n) is 9.57. The van der Waals surface area contributed by atoms with Crippen LogP contribution in [0.25, 0.3) is 93.2 Å². The zero-order valence-electron chi connectivity index (χ0n) is 25.4. The summed E-state index contributed by atoms with van der Waals surface area (Å²) in [5.41, 5.74) is 11.2. The Morgan fingerprint density at radius 1 is 0.404 bits per heavy atom. The van der Waals surface area contributed by atoms with Crippen LogP contribution in [0, 0.1) is 0 Å². The molecule has 0 aliphatic carbocycles. The Labute approximate surface area is 271 Å². The first-order valence-corrected chi connectivity index (χ1v) is 16.0. The van der Waals surface area contributed by atoms with E-state index in [-0.39, 0.29) is 0 Å². The van der Waals surface area contributed by atoms with E-state index in [2.05, 4.69) is 156 Å². The molecule has 3 heteroatoms. The van der Waals surface area contributed by atoms with E-state index in [1.165, 1.54) is 54.8 Å². The van der Waals surface area contributed by atoms with Crippen LogP contribution in [0.5, 0.6) is 0 Å². The van der Waals surface area contributed by atoms with Crippen molar-refractivity contribution in [1.82, 2.24) is 14.5 Å². The molecule has 10 aromatic rings. The number of aromatic nitrogens is 3. The molecule has 3 heterocycles. The second kappa shape index (κ2) is 10.1. The van der Waals surface area contributed by atoms with Gasteiger partial charge in [-0.15, -0.1) is 0 Å². The zero-order chi connectivity index (χ0) is 30.9. The minimum Gasteiger partial charge on any atom is -0.309 e. The smallest absolute Gasteiger partial charge is 0.0978 e. The molecule has 7 aromatic carbocycles. The normalized spacial score (nSPS) is 11.8. The van der Waals surface area contributed by atoms with Gasteiger partial charge in [-0.05, 0) is 76.0 Å². The van der Waals surface area contributed by atoms with Crippen LogP contribution in [0.2, 0.25) is 0 Å². The van der Waals surface area contributed by atoms with Gasteiger partial charge in [0.2, 0.25) is 0 Å². The van der Waals surface area contributed by atoms with Gasteiger partial charge in [0.15, 0.2) is 0 Å². The van der Waals surface area contributed by atoms with Gasteiger partial charge in [-0.3, -0.25) is 4.98 Å². The summed E-state index contributed by atoms with van der Waals surface area (Å²) in [6.07, 6.45) is 1.85. The zero-order valence-corrected chi connectivity index (χ0v) is 25.4. The molecule has 0 radical (unpaired) electrons. The van der Waals surface area contributed by atoms with Crippen molar-refractivity contribution < 1.29 is 0 Å². The van der Waals surface area contributed by atoms with E-state index in [1.807, 2.05) is 12.3 Å². The van der Waals surface area contributed by atoms with E-state index in [1.54, 1.807) is 0 Å². The minimum absolute atomic E-state index is 0.936. The van der Waals surface area contributed by atoms with Crippen molar-refractivity contribution in [2.45, 2.75) is 0 Å². The van der Waals surface area contributed by atoms with Crippen molar-refractivity contribution in [2.75, 3.05) is 0 Å². The largest absolute Gasteiger partial charge is 0.309 e. The molecule has 3 nitrogen and oxygen atoms in total. The fourth-order valence-electron chi connectivity index (χ4n) is 7.41. The van der Waals surface area contributed by atoms with Crippen molar-refractivity contribution in [3.63, 3.8) is 0 Å². The third kappa shape index (κ3) is 4.00.